The highest BCUT2D eigenvalue weighted by Gasteiger charge is 2.27. The van der Waals surface area contributed by atoms with Crippen LogP contribution in [0.5, 0.6) is 11.5 Å². The molecular formula is C30H31N5O6. The number of phenols is 2. The zero-order valence-electron chi connectivity index (χ0n) is 22.1. The number of anilines is 1. The predicted molar refractivity (Wildman–Crippen MR) is 153 cm³/mol. The molecule has 1 aromatic heterocycles. The fourth-order valence-electron chi connectivity index (χ4n) is 4.35. The molecule has 2 atom stereocenters. The number of benzene rings is 3. The first kappa shape index (κ1) is 28.7. The van der Waals surface area contributed by atoms with Gasteiger partial charge in [0.1, 0.15) is 23.6 Å². The second-order valence-corrected chi connectivity index (χ2v) is 9.61. The Labute approximate surface area is 235 Å². The van der Waals surface area contributed by atoms with E-state index in [1.165, 1.54) is 36.4 Å². The largest absolute Gasteiger partial charge is 0.508 e. The number of amides is 4. The Morgan fingerprint density at radius 3 is 2.07 bits per heavy atom. The Bertz CT molecular complexity index is 1530. The van der Waals surface area contributed by atoms with Crippen LogP contribution < -0.4 is 21.7 Å². The van der Waals surface area contributed by atoms with Crippen LogP contribution in [0.15, 0.2) is 79.0 Å². The summed E-state index contributed by atoms with van der Waals surface area (Å²) in [5.74, 6) is -2.18. The maximum Gasteiger partial charge on any atom is 0.243 e. The fourth-order valence-corrected chi connectivity index (χ4v) is 4.35. The van der Waals surface area contributed by atoms with Crippen LogP contribution in [-0.4, -0.2) is 50.9 Å². The van der Waals surface area contributed by atoms with E-state index < -0.39 is 35.7 Å². The fraction of sp³-hybridized carbons (Fsp3) is 0.200. The van der Waals surface area contributed by atoms with E-state index in [1.807, 2.05) is 24.3 Å². The zero-order chi connectivity index (χ0) is 29.4. The molecule has 0 aliphatic rings. The number of fused-ring (bicyclic) bond motifs is 1. The van der Waals surface area contributed by atoms with Crippen LogP contribution in [-0.2, 0) is 32.0 Å². The number of hydrogen-bond donors (Lipinski definition) is 7. The maximum absolute atomic E-state index is 13.4. The molecule has 0 spiro atoms. The van der Waals surface area contributed by atoms with E-state index in [2.05, 4.69) is 20.9 Å². The van der Waals surface area contributed by atoms with Gasteiger partial charge in [-0.2, -0.15) is 0 Å². The van der Waals surface area contributed by atoms with Crippen molar-refractivity contribution in [3.8, 4) is 11.5 Å². The van der Waals surface area contributed by atoms with E-state index in [-0.39, 0.29) is 37.2 Å². The number of nitrogens with two attached hydrogens (primary N) is 1. The predicted octanol–water partition coefficient (Wildman–Crippen LogP) is 2.24. The number of hydrogen-bond acceptors (Lipinski definition) is 6. The van der Waals surface area contributed by atoms with Gasteiger partial charge in [0.2, 0.25) is 23.6 Å². The molecule has 0 fully saturated rings. The lowest BCUT2D eigenvalue weighted by molar-refractivity contribution is -0.131. The van der Waals surface area contributed by atoms with Gasteiger partial charge < -0.3 is 36.9 Å². The summed E-state index contributed by atoms with van der Waals surface area (Å²) in [6.45, 7) is 0. The average molecular weight is 558 g/mol. The van der Waals surface area contributed by atoms with E-state index in [0.29, 0.717) is 11.3 Å². The minimum Gasteiger partial charge on any atom is -0.508 e. The number of phenolic OH excluding ortho intramolecular Hbond substituents is 2. The van der Waals surface area contributed by atoms with Gasteiger partial charge in [0, 0.05) is 48.5 Å². The lowest BCUT2D eigenvalue weighted by Crippen LogP contribution is -2.54. The highest BCUT2D eigenvalue weighted by Crippen LogP contribution is 2.20. The SMILES string of the molecule is NC(=O)[C@H](Cc1ccc(O)cc1)NC(=O)[C@H](Cc1c[nH]c2ccccc12)NC(=O)CCC(=O)Nc1ccc(O)cc1. The molecule has 0 aliphatic carbocycles. The number of nitrogens with one attached hydrogen (secondary N) is 4. The second-order valence-electron chi connectivity index (χ2n) is 9.61. The van der Waals surface area contributed by atoms with E-state index in [9.17, 15) is 29.4 Å². The average Bonchev–Trinajstić information content (AvgIpc) is 3.36. The standard InChI is InChI=1S/C30H31N5O6/c31-29(40)25(15-18-5-9-21(36)10-6-18)35-30(41)26(16-19-17-32-24-4-2-1-3-23(19)24)34-28(39)14-13-27(38)33-20-7-11-22(37)12-8-20/h1-12,17,25-26,32,36-37H,13-16H2,(H2,31,40)(H,33,38)(H,34,39)(H,35,41)/t25-,26-/m0/s1. The first-order valence-corrected chi connectivity index (χ1v) is 13.0. The summed E-state index contributed by atoms with van der Waals surface area (Å²) in [7, 11) is 0. The maximum atomic E-state index is 13.4. The van der Waals surface area contributed by atoms with Gasteiger partial charge in [0.15, 0.2) is 0 Å². The summed E-state index contributed by atoms with van der Waals surface area (Å²) < 4.78 is 0. The van der Waals surface area contributed by atoms with Crippen molar-refractivity contribution < 1.29 is 29.4 Å². The zero-order valence-corrected chi connectivity index (χ0v) is 22.1. The van der Waals surface area contributed by atoms with Crippen LogP contribution in [0.3, 0.4) is 0 Å². The van der Waals surface area contributed by atoms with Crippen molar-refractivity contribution in [2.24, 2.45) is 5.73 Å². The molecule has 4 aromatic rings. The summed E-state index contributed by atoms with van der Waals surface area (Å²) in [4.78, 5) is 54.0. The topological polar surface area (TPSA) is 187 Å². The van der Waals surface area contributed by atoms with Crippen molar-refractivity contribution in [1.82, 2.24) is 15.6 Å². The molecule has 8 N–H and O–H groups in total. The first-order chi connectivity index (χ1) is 19.7. The number of para-hydroxylation sites is 1. The molecule has 0 saturated carbocycles. The van der Waals surface area contributed by atoms with Crippen LogP contribution >= 0.6 is 0 Å². The summed E-state index contributed by atoms with van der Waals surface area (Å²) >= 11 is 0. The minimum absolute atomic E-state index is 0.0588. The van der Waals surface area contributed by atoms with Crippen LogP contribution in [0.25, 0.3) is 10.9 Å². The minimum atomic E-state index is -1.07. The van der Waals surface area contributed by atoms with Crippen LogP contribution in [0.1, 0.15) is 24.0 Å². The molecule has 4 amide bonds. The second kappa shape index (κ2) is 13.2. The molecule has 0 radical (unpaired) electrons. The van der Waals surface area contributed by atoms with Gasteiger partial charge in [0.25, 0.3) is 0 Å². The number of aromatic hydroxyl groups is 2. The lowest BCUT2D eigenvalue weighted by Gasteiger charge is -2.22. The van der Waals surface area contributed by atoms with E-state index in [0.717, 1.165) is 16.5 Å². The Hall–Kier alpha value is -5.32. The molecule has 0 bridgehead atoms. The van der Waals surface area contributed by atoms with Crippen LogP contribution in [0, 0.1) is 0 Å². The molecule has 41 heavy (non-hydrogen) atoms. The molecule has 0 aliphatic heterocycles. The van der Waals surface area contributed by atoms with E-state index >= 15 is 0 Å². The quantitative estimate of drug-likeness (QED) is 0.131. The number of rotatable bonds is 12. The van der Waals surface area contributed by atoms with E-state index in [1.54, 1.807) is 18.3 Å². The summed E-state index contributed by atoms with van der Waals surface area (Å²) in [5.41, 5.74) is 8.35. The van der Waals surface area contributed by atoms with Gasteiger partial charge in [-0.15, -0.1) is 0 Å². The van der Waals surface area contributed by atoms with Gasteiger partial charge in [-0.25, -0.2) is 0 Å². The van der Waals surface area contributed by atoms with Crippen molar-refractivity contribution in [1.29, 1.82) is 0 Å². The van der Waals surface area contributed by atoms with Crippen LogP contribution in [0.4, 0.5) is 5.69 Å². The van der Waals surface area contributed by atoms with Gasteiger partial charge in [-0.1, -0.05) is 30.3 Å². The highest BCUT2D eigenvalue weighted by atomic mass is 16.3. The highest BCUT2D eigenvalue weighted by molar-refractivity contribution is 5.95. The monoisotopic (exact) mass is 557 g/mol. The number of H-pyrrole nitrogens is 1. The number of carbonyl (C=O) groups is 4. The summed E-state index contributed by atoms with van der Waals surface area (Å²) in [6.07, 6.45) is 1.63. The molecule has 4 rings (SSSR count). The van der Waals surface area contributed by atoms with Crippen molar-refractivity contribution in [3.05, 3.63) is 90.1 Å². The van der Waals surface area contributed by atoms with Crippen molar-refractivity contribution in [3.63, 3.8) is 0 Å². The van der Waals surface area contributed by atoms with Gasteiger partial charge in [0.05, 0.1) is 0 Å². The Kier molecular flexibility index (Phi) is 9.20. The number of primary amides is 1. The third kappa shape index (κ3) is 8.09. The third-order valence-electron chi connectivity index (χ3n) is 6.52. The molecule has 0 saturated heterocycles. The molecule has 212 valence electrons. The molecule has 0 unspecified atom stereocenters. The first-order valence-electron chi connectivity index (χ1n) is 13.0. The number of aromatic nitrogens is 1. The van der Waals surface area contributed by atoms with Gasteiger partial charge in [-0.3, -0.25) is 19.2 Å². The molecule has 11 nitrogen and oxygen atoms in total. The van der Waals surface area contributed by atoms with Crippen molar-refractivity contribution in [2.75, 3.05) is 5.32 Å². The molecule has 11 heteroatoms. The van der Waals surface area contributed by atoms with Gasteiger partial charge in [-0.05, 0) is 53.6 Å². The van der Waals surface area contributed by atoms with Crippen molar-refractivity contribution in [2.45, 2.75) is 37.8 Å². The smallest absolute Gasteiger partial charge is 0.243 e. The summed E-state index contributed by atoms with van der Waals surface area (Å²) in [5, 5.41) is 27.8. The lowest BCUT2D eigenvalue weighted by atomic mass is 10.0. The number of aromatic amines is 1. The Morgan fingerprint density at radius 2 is 1.39 bits per heavy atom. The van der Waals surface area contributed by atoms with Gasteiger partial charge >= 0.3 is 0 Å². The molecule has 3 aromatic carbocycles. The van der Waals surface area contributed by atoms with Crippen molar-refractivity contribution >= 4 is 40.2 Å². The Morgan fingerprint density at radius 1 is 0.756 bits per heavy atom. The third-order valence-corrected chi connectivity index (χ3v) is 6.52. The number of carbonyl (C=O) groups excluding carboxylic acids is 4. The molecule has 1 heterocycles. The molecular weight excluding hydrogens is 526 g/mol. The van der Waals surface area contributed by atoms with E-state index in [4.69, 9.17) is 5.73 Å². The Balaban J connectivity index is 1.45. The summed E-state index contributed by atoms with van der Waals surface area (Å²) in [6, 6.07) is 17.5. The van der Waals surface area contributed by atoms with Crippen LogP contribution in [0.2, 0.25) is 0 Å². The normalized spacial score (nSPS) is 12.3.